The lowest BCUT2D eigenvalue weighted by Crippen LogP contribution is -2.21. The molecule has 0 aliphatic carbocycles. The van der Waals surface area contributed by atoms with Gasteiger partial charge in [-0.2, -0.15) is 0 Å². The van der Waals surface area contributed by atoms with Crippen molar-refractivity contribution in [3.05, 3.63) is 71.0 Å². The summed E-state index contributed by atoms with van der Waals surface area (Å²) in [6.07, 6.45) is 0. The van der Waals surface area contributed by atoms with Crippen LogP contribution in [0, 0.1) is 5.82 Å². The van der Waals surface area contributed by atoms with E-state index in [9.17, 15) is 19.1 Å². The summed E-state index contributed by atoms with van der Waals surface area (Å²) in [5.74, 6) is -2.30. The second-order valence-corrected chi connectivity index (χ2v) is 5.88. The first-order chi connectivity index (χ1) is 12.4. The molecule has 26 heavy (non-hydrogen) atoms. The van der Waals surface area contributed by atoms with Crippen LogP contribution in [0.25, 0.3) is 10.8 Å². The minimum Gasteiger partial charge on any atom is -0.507 e. The number of carbonyl (C=O) groups is 2. The van der Waals surface area contributed by atoms with Crippen molar-refractivity contribution in [1.82, 2.24) is 0 Å². The quantitative estimate of drug-likeness (QED) is 0.674. The number of carbonyl (C=O) groups excluding carboxylic acids is 2. The van der Waals surface area contributed by atoms with Crippen molar-refractivity contribution in [3.63, 3.8) is 0 Å². The van der Waals surface area contributed by atoms with Crippen molar-refractivity contribution < 1.29 is 23.8 Å². The van der Waals surface area contributed by atoms with Gasteiger partial charge in [-0.1, -0.05) is 35.9 Å². The standard InChI is InChI=1S/C19H13ClFNO4/c20-15-9-13(5-6-16(15)21)22-18(24)10-26-19(25)14-7-11-3-1-2-4-12(11)8-17(14)23/h1-9,23H,10H2,(H,22,24). The summed E-state index contributed by atoms with van der Waals surface area (Å²) in [6, 6.07) is 13.8. The first kappa shape index (κ1) is 17.7. The Bertz CT molecular complexity index is 1010. The third kappa shape index (κ3) is 3.92. The lowest BCUT2D eigenvalue weighted by molar-refractivity contribution is -0.119. The van der Waals surface area contributed by atoms with Gasteiger partial charge in [-0.3, -0.25) is 4.79 Å². The van der Waals surface area contributed by atoms with Crippen LogP contribution >= 0.6 is 11.6 Å². The molecule has 0 unspecified atom stereocenters. The number of hydrogen-bond donors (Lipinski definition) is 2. The molecule has 2 N–H and O–H groups in total. The maximum atomic E-state index is 13.1. The number of benzene rings is 3. The highest BCUT2D eigenvalue weighted by molar-refractivity contribution is 6.31. The fourth-order valence-corrected chi connectivity index (χ4v) is 2.55. The molecule has 5 nitrogen and oxygen atoms in total. The average Bonchev–Trinajstić information content (AvgIpc) is 2.62. The lowest BCUT2D eigenvalue weighted by atomic mass is 10.1. The zero-order chi connectivity index (χ0) is 18.7. The number of halogens is 2. The summed E-state index contributed by atoms with van der Waals surface area (Å²) in [6.45, 7) is -0.569. The Kier molecular flexibility index (Phi) is 5.04. The molecule has 1 amide bonds. The van der Waals surface area contributed by atoms with E-state index in [1.54, 1.807) is 18.2 Å². The van der Waals surface area contributed by atoms with Gasteiger partial charge in [0, 0.05) is 5.69 Å². The average molecular weight is 374 g/mol. The van der Waals surface area contributed by atoms with Crippen LogP contribution in [-0.2, 0) is 9.53 Å². The number of fused-ring (bicyclic) bond motifs is 1. The topological polar surface area (TPSA) is 75.6 Å². The Balaban J connectivity index is 1.65. The predicted octanol–water partition coefficient (Wildman–Crippen LogP) is 4.13. The number of hydrogen-bond acceptors (Lipinski definition) is 4. The van der Waals surface area contributed by atoms with E-state index < -0.39 is 24.3 Å². The van der Waals surface area contributed by atoms with E-state index in [4.69, 9.17) is 16.3 Å². The van der Waals surface area contributed by atoms with Gasteiger partial charge < -0.3 is 15.2 Å². The number of phenolic OH excluding ortho intramolecular Hbond substituents is 1. The van der Waals surface area contributed by atoms with Gasteiger partial charge in [0.25, 0.3) is 5.91 Å². The van der Waals surface area contributed by atoms with Gasteiger partial charge in [0.15, 0.2) is 6.61 Å². The van der Waals surface area contributed by atoms with Crippen LogP contribution in [0.2, 0.25) is 5.02 Å². The molecule has 0 aliphatic rings. The molecule has 7 heteroatoms. The number of rotatable bonds is 4. The Hall–Kier alpha value is -3.12. The molecule has 132 valence electrons. The highest BCUT2D eigenvalue weighted by Gasteiger charge is 2.16. The van der Waals surface area contributed by atoms with Gasteiger partial charge in [-0.05, 0) is 41.1 Å². The minimum atomic E-state index is -0.833. The van der Waals surface area contributed by atoms with Crippen molar-refractivity contribution >= 4 is 39.9 Å². The van der Waals surface area contributed by atoms with Gasteiger partial charge in [0.1, 0.15) is 17.1 Å². The highest BCUT2D eigenvalue weighted by Crippen LogP contribution is 2.25. The minimum absolute atomic E-state index is 0.0404. The molecule has 0 saturated heterocycles. The molecule has 0 aromatic heterocycles. The Morgan fingerprint density at radius 3 is 2.46 bits per heavy atom. The molecule has 3 aromatic rings. The van der Waals surface area contributed by atoms with Crippen molar-refractivity contribution in [2.45, 2.75) is 0 Å². The smallest absolute Gasteiger partial charge is 0.342 e. The summed E-state index contributed by atoms with van der Waals surface area (Å²) in [4.78, 5) is 24.0. The number of amides is 1. The molecular weight excluding hydrogens is 361 g/mol. The number of esters is 1. The first-order valence-corrected chi connectivity index (χ1v) is 7.95. The number of aromatic hydroxyl groups is 1. The summed E-state index contributed by atoms with van der Waals surface area (Å²) in [5, 5.41) is 13.8. The van der Waals surface area contributed by atoms with Crippen LogP contribution in [0.5, 0.6) is 5.75 Å². The normalized spacial score (nSPS) is 10.5. The van der Waals surface area contributed by atoms with E-state index >= 15 is 0 Å². The molecule has 0 fully saturated rings. The number of phenols is 1. The summed E-state index contributed by atoms with van der Waals surface area (Å²) >= 11 is 5.63. The largest absolute Gasteiger partial charge is 0.507 e. The van der Waals surface area contributed by atoms with Crippen molar-refractivity contribution in [2.75, 3.05) is 11.9 Å². The summed E-state index contributed by atoms with van der Waals surface area (Å²) in [7, 11) is 0. The van der Waals surface area contributed by atoms with E-state index in [0.29, 0.717) is 0 Å². The van der Waals surface area contributed by atoms with Gasteiger partial charge in [0.05, 0.1) is 5.02 Å². The number of ether oxygens (including phenoxy) is 1. The summed E-state index contributed by atoms with van der Waals surface area (Å²) in [5.41, 5.74) is 0.229. The van der Waals surface area contributed by atoms with Crippen molar-refractivity contribution in [3.8, 4) is 5.75 Å². The molecule has 0 aliphatic heterocycles. The maximum Gasteiger partial charge on any atom is 0.342 e. The van der Waals surface area contributed by atoms with Crippen molar-refractivity contribution in [1.29, 1.82) is 0 Å². The highest BCUT2D eigenvalue weighted by atomic mass is 35.5. The van der Waals surface area contributed by atoms with Crippen LogP contribution in [0.1, 0.15) is 10.4 Å². The van der Waals surface area contributed by atoms with E-state index in [0.717, 1.165) is 16.8 Å². The van der Waals surface area contributed by atoms with Gasteiger partial charge in [-0.15, -0.1) is 0 Å². The third-order valence-corrected chi connectivity index (χ3v) is 3.91. The Labute approximate surface area is 153 Å². The molecule has 0 radical (unpaired) electrons. The second-order valence-electron chi connectivity index (χ2n) is 5.47. The van der Waals surface area contributed by atoms with Gasteiger partial charge >= 0.3 is 5.97 Å². The molecule has 0 atom stereocenters. The second kappa shape index (κ2) is 7.41. The summed E-state index contributed by atoms with van der Waals surface area (Å²) < 4.78 is 18.0. The van der Waals surface area contributed by atoms with Gasteiger partial charge in [0.2, 0.25) is 0 Å². The Morgan fingerprint density at radius 1 is 1.08 bits per heavy atom. The number of nitrogens with one attached hydrogen (secondary N) is 1. The van der Waals surface area contributed by atoms with E-state index in [-0.39, 0.29) is 22.0 Å². The fourth-order valence-electron chi connectivity index (χ4n) is 2.37. The fraction of sp³-hybridized carbons (Fsp3) is 0.0526. The van der Waals surface area contributed by atoms with Crippen LogP contribution in [0.4, 0.5) is 10.1 Å². The first-order valence-electron chi connectivity index (χ1n) is 7.58. The van der Waals surface area contributed by atoms with Gasteiger partial charge in [-0.25, -0.2) is 9.18 Å². The van der Waals surface area contributed by atoms with Crippen LogP contribution in [0.3, 0.4) is 0 Å². The molecular formula is C19H13ClFNO4. The van der Waals surface area contributed by atoms with Crippen LogP contribution < -0.4 is 5.32 Å². The lowest BCUT2D eigenvalue weighted by Gasteiger charge is -2.09. The third-order valence-electron chi connectivity index (χ3n) is 3.62. The molecule has 3 aromatic carbocycles. The van der Waals surface area contributed by atoms with E-state index in [2.05, 4.69) is 5.32 Å². The maximum absolute atomic E-state index is 13.1. The molecule has 0 saturated carbocycles. The van der Waals surface area contributed by atoms with Crippen LogP contribution in [0.15, 0.2) is 54.6 Å². The molecule has 0 bridgehead atoms. The van der Waals surface area contributed by atoms with E-state index in [1.807, 2.05) is 6.07 Å². The predicted molar refractivity (Wildman–Crippen MR) is 95.9 cm³/mol. The zero-order valence-corrected chi connectivity index (χ0v) is 14.1. The molecule has 0 heterocycles. The van der Waals surface area contributed by atoms with Crippen LogP contribution in [-0.4, -0.2) is 23.6 Å². The monoisotopic (exact) mass is 373 g/mol. The Morgan fingerprint density at radius 2 is 1.77 bits per heavy atom. The van der Waals surface area contributed by atoms with Crippen molar-refractivity contribution in [2.24, 2.45) is 0 Å². The molecule has 3 rings (SSSR count). The van der Waals surface area contributed by atoms with E-state index in [1.165, 1.54) is 24.3 Å². The SMILES string of the molecule is O=C(COC(=O)c1cc2ccccc2cc1O)Nc1ccc(F)c(Cl)c1. The zero-order valence-electron chi connectivity index (χ0n) is 13.3. The number of anilines is 1. The molecule has 0 spiro atoms.